The zero-order chi connectivity index (χ0) is 15.5. The molecule has 1 amide bonds. The third-order valence-electron chi connectivity index (χ3n) is 2.60. The first-order valence-electron chi connectivity index (χ1n) is 6.37. The van der Waals surface area contributed by atoms with Gasteiger partial charge in [-0.15, -0.1) is 11.3 Å². The summed E-state index contributed by atoms with van der Waals surface area (Å²) in [6.07, 6.45) is 3.33. The van der Waals surface area contributed by atoms with Crippen LogP contribution in [0.25, 0.3) is 10.6 Å². The lowest BCUT2D eigenvalue weighted by Gasteiger charge is -1.98. The largest absolute Gasteiger partial charge is 0.302 e. The number of nitrogens with one attached hydrogen (secondary N) is 2. The number of nitrogens with zero attached hydrogens (tertiary/aromatic N) is 4. The van der Waals surface area contributed by atoms with Crippen LogP contribution in [0.1, 0.15) is 12.6 Å². The molecule has 0 aliphatic carbocycles. The summed E-state index contributed by atoms with van der Waals surface area (Å²) in [5.74, 6) is 0.366. The van der Waals surface area contributed by atoms with Crippen molar-refractivity contribution in [3.05, 3.63) is 29.5 Å². The normalized spacial score (nSPS) is 10.5. The minimum absolute atomic E-state index is 0.137. The molecule has 0 saturated heterocycles. The molecule has 0 spiro atoms. The molecule has 3 rings (SSSR count). The van der Waals surface area contributed by atoms with Crippen LogP contribution < -0.4 is 10.6 Å². The van der Waals surface area contributed by atoms with Crippen molar-refractivity contribution < 1.29 is 4.79 Å². The summed E-state index contributed by atoms with van der Waals surface area (Å²) in [6.45, 7) is 3.35. The predicted molar refractivity (Wildman–Crippen MR) is 87.6 cm³/mol. The molecule has 0 aromatic carbocycles. The maximum absolute atomic E-state index is 11.1. The van der Waals surface area contributed by atoms with Crippen LogP contribution >= 0.6 is 22.7 Å². The zero-order valence-electron chi connectivity index (χ0n) is 11.8. The second kappa shape index (κ2) is 6.16. The monoisotopic (exact) mass is 332 g/mol. The molecule has 0 aliphatic rings. The fraction of sp³-hybridized carbons (Fsp3) is 0.154. The van der Waals surface area contributed by atoms with E-state index in [2.05, 4.69) is 30.6 Å². The maximum atomic E-state index is 11.1. The molecule has 0 fully saturated rings. The van der Waals surface area contributed by atoms with Gasteiger partial charge in [0.1, 0.15) is 0 Å². The van der Waals surface area contributed by atoms with Gasteiger partial charge in [0.25, 0.3) is 0 Å². The highest BCUT2D eigenvalue weighted by atomic mass is 32.1. The Morgan fingerprint density at radius 3 is 2.68 bits per heavy atom. The molecule has 0 bridgehead atoms. The minimum atomic E-state index is -0.137. The second-order valence-corrected chi connectivity index (χ2v) is 6.21. The molecule has 0 saturated carbocycles. The van der Waals surface area contributed by atoms with E-state index < -0.39 is 0 Å². The van der Waals surface area contributed by atoms with Crippen molar-refractivity contribution in [1.29, 1.82) is 0 Å². The smallest absolute Gasteiger partial charge is 0.228 e. The average Bonchev–Trinajstić information content (AvgIpc) is 3.06. The van der Waals surface area contributed by atoms with Crippen LogP contribution in [0, 0.1) is 6.92 Å². The van der Waals surface area contributed by atoms with Gasteiger partial charge in [0.05, 0.1) is 16.3 Å². The molecule has 0 radical (unpaired) electrons. The van der Waals surface area contributed by atoms with E-state index in [0.717, 1.165) is 16.3 Å². The zero-order valence-corrected chi connectivity index (χ0v) is 13.5. The molecule has 22 heavy (non-hydrogen) atoms. The van der Waals surface area contributed by atoms with Gasteiger partial charge in [0.15, 0.2) is 10.3 Å². The molecule has 3 aromatic rings. The Morgan fingerprint density at radius 2 is 1.95 bits per heavy atom. The number of aromatic nitrogens is 4. The molecule has 3 heterocycles. The number of thiazole rings is 2. The topological polar surface area (TPSA) is 92.7 Å². The van der Waals surface area contributed by atoms with Gasteiger partial charge in [-0.25, -0.2) is 19.9 Å². The summed E-state index contributed by atoms with van der Waals surface area (Å²) in [6, 6.07) is 1.75. The number of aryl methyl sites for hydroxylation is 1. The van der Waals surface area contributed by atoms with Gasteiger partial charge in [-0.05, 0) is 13.0 Å². The first-order chi connectivity index (χ1) is 10.6. The van der Waals surface area contributed by atoms with E-state index in [-0.39, 0.29) is 5.91 Å². The Kier molecular flexibility index (Phi) is 4.07. The summed E-state index contributed by atoms with van der Waals surface area (Å²) < 4.78 is 0. The molecule has 0 aliphatic heterocycles. The van der Waals surface area contributed by atoms with Crippen LogP contribution in [0.2, 0.25) is 0 Å². The van der Waals surface area contributed by atoms with Crippen molar-refractivity contribution in [2.24, 2.45) is 0 Å². The Labute approximate surface area is 134 Å². The van der Waals surface area contributed by atoms with Crippen molar-refractivity contribution >= 4 is 44.8 Å². The highest BCUT2D eigenvalue weighted by molar-refractivity contribution is 7.20. The van der Waals surface area contributed by atoms with Gasteiger partial charge in [0.2, 0.25) is 11.9 Å². The summed E-state index contributed by atoms with van der Waals surface area (Å²) in [5.41, 5.74) is 1.65. The van der Waals surface area contributed by atoms with Crippen LogP contribution in [0.3, 0.4) is 0 Å². The fourth-order valence-electron chi connectivity index (χ4n) is 1.73. The van der Waals surface area contributed by atoms with Crippen LogP contribution in [0.4, 0.5) is 16.2 Å². The summed E-state index contributed by atoms with van der Waals surface area (Å²) in [4.78, 5) is 29.1. The first kappa shape index (κ1) is 14.5. The van der Waals surface area contributed by atoms with Crippen LogP contribution in [0.15, 0.2) is 23.8 Å². The summed E-state index contributed by atoms with van der Waals surface area (Å²) in [5, 5.41) is 8.96. The standard InChI is InChI=1S/C13H12N6OS2/c1-7-10(22-13(16-7)17-8(2)20)9-6-21-12(18-9)19-11-14-4-3-5-15-11/h3-6H,1-2H3,(H,16,17,20)(H,14,15,18,19). The summed E-state index contributed by atoms with van der Waals surface area (Å²) in [7, 11) is 0. The quantitative estimate of drug-likeness (QED) is 0.763. The maximum Gasteiger partial charge on any atom is 0.228 e. The Hall–Kier alpha value is -2.39. The summed E-state index contributed by atoms with van der Waals surface area (Å²) >= 11 is 2.86. The highest BCUT2D eigenvalue weighted by Crippen LogP contribution is 2.34. The third-order valence-corrected chi connectivity index (χ3v) is 4.45. The molecule has 9 heteroatoms. The lowest BCUT2D eigenvalue weighted by molar-refractivity contribution is -0.114. The van der Waals surface area contributed by atoms with Gasteiger partial charge in [0, 0.05) is 24.7 Å². The van der Waals surface area contributed by atoms with Gasteiger partial charge in [-0.2, -0.15) is 0 Å². The van der Waals surface area contributed by atoms with E-state index in [0.29, 0.717) is 16.2 Å². The number of amides is 1. The first-order valence-corrected chi connectivity index (χ1v) is 8.06. The predicted octanol–water partition coefficient (Wildman–Crippen LogP) is 3.07. The molecular formula is C13H12N6OS2. The molecule has 112 valence electrons. The van der Waals surface area contributed by atoms with Crippen LogP contribution in [0.5, 0.6) is 0 Å². The van der Waals surface area contributed by atoms with Gasteiger partial charge < -0.3 is 10.6 Å². The molecule has 0 atom stereocenters. The third kappa shape index (κ3) is 3.26. The van der Waals surface area contributed by atoms with E-state index >= 15 is 0 Å². The molecule has 2 N–H and O–H groups in total. The molecular weight excluding hydrogens is 320 g/mol. The van der Waals surface area contributed by atoms with E-state index in [1.807, 2.05) is 12.3 Å². The number of carbonyl (C=O) groups is 1. The Morgan fingerprint density at radius 1 is 1.18 bits per heavy atom. The lowest BCUT2D eigenvalue weighted by atomic mass is 10.3. The number of rotatable bonds is 4. The van der Waals surface area contributed by atoms with E-state index in [4.69, 9.17) is 0 Å². The van der Waals surface area contributed by atoms with E-state index in [1.54, 1.807) is 18.5 Å². The number of hydrogen-bond acceptors (Lipinski definition) is 8. The molecule has 7 nitrogen and oxygen atoms in total. The highest BCUT2D eigenvalue weighted by Gasteiger charge is 2.14. The van der Waals surface area contributed by atoms with Gasteiger partial charge >= 0.3 is 0 Å². The number of carbonyl (C=O) groups excluding carboxylic acids is 1. The van der Waals surface area contributed by atoms with Gasteiger partial charge in [-0.1, -0.05) is 11.3 Å². The fourth-order valence-corrected chi connectivity index (χ4v) is 3.48. The lowest BCUT2D eigenvalue weighted by Crippen LogP contribution is -2.04. The van der Waals surface area contributed by atoms with Gasteiger partial charge in [-0.3, -0.25) is 4.79 Å². The Balaban J connectivity index is 1.81. The minimum Gasteiger partial charge on any atom is -0.302 e. The van der Waals surface area contributed by atoms with E-state index in [9.17, 15) is 4.79 Å². The molecule has 3 aromatic heterocycles. The van der Waals surface area contributed by atoms with Crippen LogP contribution in [-0.4, -0.2) is 25.8 Å². The number of hydrogen-bond donors (Lipinski definition) is 2. The second-order valence-electron chi connectivity index (χ2n) is 4.35. The van der Waals surface area contributed by atoms with Crippen molar-refractivity contribution in [2.75, 3.05) is 10.6 Å². The Bertz CT molecular complexity index is 798. The van der Waals surface area contributed by atoms with Crippen molar-refractivity contribution in [2.45, 2.75) is 13.8 Å². The SMILES string of the molecule is CC(=O)Nc1nc(C)c(-c2csc(Nc3ncccn3)n2)s1. The molecule has 0 unspecified atom stereocenters. The van der Waals surface area contributed by atoms with Crippen LogP contribution in [-0.2, 0) is 4.79 Å². The number of anilines is 3. The van der Waals surface area contributed by atoms with E-state index in [1.165, 1.54) is 29.6 Å². The van der Waals surface area contributed by atoms with Crippen molar-refractivity contribution in [1.82, 2.24) is 19.9 Å². The van der Waals surface area contributed by atoms with Crippen molar-refractivity contribution in [3.8, 4) is 10.6 Å². The van der Waals surface area contributed by atoms with Crippen molar-refractivity contribution in [3.63, 3.8) is 0 Å². The average molecular weight is 332 g/mol.